The largest absolute Gasteiger partial charge is 0.350 e. The summed E-state index contributed by atoms with van der Waals surface area (Å²) in [6, 6.07) is 21.2. The van der Waals surface area contributed by atoms with E-state index in [9.17, 15) is 9.59 Å². The summed E-state index contributed by atoms with van der Waals surface area (Å²) in [5, 5.41) is 5.77. The van der Waals surface area contributed by atoms with Gasteiger partial charge in [-0.15, -0.1) is 0 Å². The number of aromatic nitrogens is 1. The minimum Gasteiger partial charge on any atom is -0.350 e. The first-order valence-corrected chi connectivity index (χ1v) is 9.73. The van der Waals surface area contributed by atoms with Crippen molar-refractivity contribution in [3.8, 4) is 0 Å². The van der Waals surface area contributed by atoms with Crippen LogP contribution in [-0.4, -0.2) is 22.4 Å². The summed E-state index contributed by atoms with van der Waals surface area (Å²) in [4.78, 5) is 24.9. The molecule has 0 saturated heterocycles. The van der Waals surface area contributed by atoms with Crippen LogP contribution in [0.5, 0.6) is 0 Å². The summed E-state index contributed by atoms with van der Waals surface area (Å²) >= 11 is 0. The van der Waals surface area contributed by atoms with E-state index in [1.165, 1.54) is 5.56 Å². The molecule has 2 amide bonds. The Morgan fingerprint density at radius 2 is 1.72 bits per heavy atom. The molecule has 6 heteroatoms. The van der Waals surface area contributed by atoms with Gasteiger partial charge in [0.1, 0.15) is 12.2 Å². The summed E-state index contributed by atoms with van der Waals surface area (Å²) < 4.78 is 1.65. The molecule has 1 saturated carbocycles. The predicted octanol–water partition coefficient (Wildman–Crippen LogP) is 2.87. The molecule has 2 aromatic carbocycles. The lowest BCUT2D eigenvalue weighted by Gasteiger charge is -2.11. The fourth-order valence-electron chi connectivity index (χ4n) is 3.37. The maximum absolute atomic E-state index is 12.7. The average molecular weight is 388 g/mol. The summed E-state index contributed by atoms with van der Waals surface area (Å²) in [6.07, 6.45) is 2.75. The highest BCUT2D eigenvalue weighted by Crippen LogP contribution is 2.39. The fraction of sp³-hybridized carbons (Fsp3) is 0.217. The lowest BCUT2D eigenvalue weighted by atomic mass is 10.1. The molecule has 29 heavy (non-hydrogen) atoms. The van der Waals surface area contributed by atoms with E-state index >= 15 is 0 Å². The van der Waals surface area contributed by atoms with Crippen LogP contribution in [0.3, 0.4) is 0 Å². The lowest BCUT2D eigenvalue weighted by molar-refractivity contribution is -0.121. The molecule has 0 radical (unpaired) electrons. The first-order valence-electron chi connectivity index (χ1n) is 9.73. The second-order valence-electron chi connectivity index (χ2n) is 7.37. The average Bonchev–Trinajstić information content (AvgIpc) is 3.28. The molecule has 0 aliphatic heterocycles. The molecular weight excluding hydrogens is 364 g/mol. The fourth-order valence-corrected chi connectivity index (χ4v) is 3.37. The van der Waals surface area contributed by atoms with E-state index in [2.05, 4.69) is 10.6 Å². The van der Waals surface area contributed by atoms with Gasteiger partial charge in [-0.25, -0.2) is 0 Å². The van der Waals surface area contributed by atoms with Gasteiger partial charge < -0.3 is 20.9 Å². The van der Waals surface area contributed by atoms with Gasteiger partial charge in [-0.3, -0.25) is 9.59 Å². The summed E-state index contributed by atoms with van der Waals surface area (Å²) in [6.45, 7) is 0.542. The molecule has 6 nitrogen and oxygen atoms in total. The Balaban J connectivity index is 1.34. The Labute approximate surface area is 169 Å². The van der Waals surface area contributed by atoms with Gasteiger partial charge in [0.2, 0.25) is 5.91 Å². The van der Waals surface area contributed by atoms with Crippen LogP contribution in [0, 0.1) is 0 Å². The number of anilines is 1. The molecule has 1 fully saturated rings. The second kappa shape index (κ2) is 8.32. The number of carbonyl (C=O) groups is 2. The van der Waals surface area contributed by atoms with Crippen LogP contribution in [0.25, 0.3) is 0 Å². The molecule has 1 aliphatic carbocycles. The van der Waals surface area contributed by atoms with Crippen molar-refractivity contribution in [1.82, 2.24) is 9.88 Å². The number of nitrogens with one attached hydrogen (secondary N) is 2. The maximum atomic E-state index is 12.7. The highest BCUT2D eigenvalue weighted by atomic mass is 16.2. The minimum absolute atomic E-state index is 0.0844. The quantitative estimate of drug-likeness (QED) is 0.581. The molecule has 3 aromatic rings. The monoisotopic (exact) mass is 388 g/mol. The van der Waals surface area contributed by atoms with Gasteiger partial charge in [0.25, 0.3) is 5.91 Å². The van der Waals surface area contributed by atoms with E-state index in [1.807, 2.05) is 54.6 Å². The predicted molar refractivity (Wildman–Crippen MR) is 112 cm³/mol. The van der Waals surface area contributed by atoms with Crippen molar-refractivity contribution in [2.45, 2.75) is 31.5 Å². The Morgan fingerprint density at radius 1 is 1.00 bits per heavy atom. The van der Waals surface area contributed by atoms with Crippen molar-refractivity contribution >= 4 is 17.5 Å². The van der Waals surface area contributed by atoms with E-state index in [0.29, 0.717) is 23.8 Å². The second-order valence-corrected chi connectivity index (χ2v) is 7.37. The molecule has 1 aliphatic rings. The molecule has 4 rings (SSSR count). The Hall–Kier alpha value is -3.38. The first kappa shape index (κ1) is 19.0. The normalized spacial score (nSPS) is 17.6. The van der Waals surface area contributed by atoms with Crippen molar-refractivity contribution < 1.29 is 9.59 Å². The standard InChI is InChI=1S/C23H24N4O2/c24-20-13-19(20)17-8-10-18(11-9-17)26-23(29)21-7-4-12-27(21)15-22(28)25-14-16-5-2-1-3-6-16/h1-12,19-20H,13-15,24H2,(H,25,28)(H,26,29)/t19-,20+/m0/s1. The highest BCUT2D eigenvalue weighted by molar-refractivity contribution is 6.03. The van der Waals surface area contributed by atoms with Crippen LogP contribution < -0.4 is 16.4 Å². The molecule has 0 unspecified atom stereocenters. The summed E-state index contributed by atoms with van der Waals surface area (Å²) in [7, 11) is 0. The summed E-state index contributed by atoms with van der Waals surface area (Å²) in [5.74, 6) is 0.0392. The number of hydrogen-bond acceptors (Lipinski definition) is 3. The van der Waals surface area contributed by atoms with Crippen molar-refractivity contribution in [2.75, 3.05) is 5.32 Å². The van der Waals surface area contributed by atoms with Crippen LogP contribution in [0.15, 0.2) is 72.9 Å². The lowest BCUT2D eigenvalue weighted by Crippen LogP contribution is -2.28. The number of carbonyl (C=O) groups excluding carboxylic acids is 2. The first-order chi connectivity index (χ1) is 14.1. The number of amides is 2. The number of hydrogen-bond donors (Lipinski definition) is 3. The molecule has 2 atom stereocenters. The third-order valence-electron chi connectivity index (χ3n) is 5.15. The van der Waals surface area contributed by atoms with Crippen LogP contribution in [-0.2, 0) is 17.9 Å². The van der Waals surface area contributed by atoms with E-state index in [-0.39, 0.29) is 24.4 Å². The summed E-state index contributed by atoms with van der Waals surface area (Å²) in [5.41, 5.74) is 9.27. The number of benzene rings is 2. The number of nitrogens with two attached hydrogens (primary N) is 1. The molecular formula is C23H24N4O2. The Morgan fingerprint density at radius 3 is 2.41 bits per heavy atom. The van der Waals surface area contributed by atoms with E-state index in [1.54, 1.807) is 22.9 Å². The van der Waals surface area contributed by atoms with Gasteiger partial charge in [0.05, 0.1) is 0 Å². The van der Waals surface area contributed by atoms with Crippen LogP contribution >= 0.6 is 0 Å². The van der Waals surface area contributed by atoms with Gasteiger partial charge in [-0.1, -0.05) is 42.5 Å². The minimum atomic E-state index is -0.248. The van der Waals surface area contributed by atoms with E-state index in [0.717, 1.165) is 12.0 Å². The molecule has 0 bridgehead atoms. The smallest absolute Gasteiger partial charge is 0.272 e. The molecule has 0 spiro atoms. The molecule has 4 N–H and O–H groups in total. The Kier molecular flexibility index (Phi) is 5.44. The van der Waals surface area contributed by atoms with E-state index in [4.69, 9.17) is 5.73 Å². The number of rotatable bonds is 7. The van der Waals surface area contributed by atoms with Crippen LogP contribution in [0.4, 0.5) is 5.69 Å². The van der Waals surface area contributed by atoms with Gasteiger partial charge in [-0.2, -0.15) is 0 Å². The SMILES string of the molecule is N[C@@H]1C[C@H]1c1ccc(NC(=O)c2cccn2CC(=O)NCc2ccccc2)cc1. The number of nitrogens with zero attached hydrogens (tertiary/aromatic N) is 1. The third kappa shape index (κ3) is 4.73. The zero-order valence-corrected chi connectivity index (χ0v) is 16.0. The zero-order valence-electron chi connectivity index (χ0n) is 16.0. The highest BCUT2D eigenvalue weighted by Gasteiger charge is 2.34. The molecule has 1 aromatic heterocycles. The van der Waals surface area contributed by atoms with Crippen molar-refractivity contribution in [2.24, 2.45) is 5.73 Å². The van der Waals surface area contributed by atoms with Crippen LogP contribution in [0.1, 0.15) is 34.0 Å². The maximum Gasteiger partial charge on any atom is 0.272 e. The van der Waals surface area contributed by atoms with Gasteiger partial charge in [-0.05, 0) is 41.8 Å². The van der Waals surface area contributed by atoms with Gasteiger partial charge in [0.15, 0.2) is 0 Å². The third-order valence-corrected chi connectivity index (χ3v) is 5.15. The van der Waals surface area contributed by atoms with Crippen molar-refractivity contribution in [3.63, 3.8) is 0 Å². The Bertz CT molecular complexity index is 995. The van der Waals surface area contributed by atoms with Crippen LogP contribution in [0.2, 0.25) is 0 Å². The van der Waals surface area contributed by atoms with Crippen molar-refractivity contribution in [3.05, 3.63) is 89.7 Å². The molecule has 148 valence electrons. The topological polar surface area (TPSA) is 89.2 Å². The van der Waals surface area contributed by atoms with Crippen molar-refractivity contribution in [1.29, 1.82) is 0 Å². The van der Waals surface area contributed by atoms with Gasteiger partial charge >= 0.3 is 0 Å². The molecule has 1 heterocycles. The van der Waals surface area contributed by atoms with E-state index < -0.39 is 0 Å². The zero-order chi connectivity index (χ0) is 20.2. The van der Waals surface area contributed by atoms with Gasteiger partial charge in [0, 0.05) is 30.4 Å².